The zero-order valence-electron chi connectivity index (χ0n) is 12.6. The summed E-state index contributed by atoms with van der Waals surface area (Å²) in [5, 5.41) is 3.54. The Morgan fingerprint density at radius 2 is 1.84 bits per heavy atom. The largest absolute Gasteiger partial charge is 0.497 e. The minimum Gasteiger partial charge on any atom is -0.497 e. The maximum Gasteiger partial charge on any atom is 0.118 e. The summed E-state index contributed by atoms with van der Waals surface area (Å²) in [6.07, 6.45) is 3.58. The molecule has 2 unspecified atom stereocenters. The first-order chi connectivity index (χ1) is 9.19. The lowest BCUT2D eigenvalue weighted by atomic mass is 10.0. The molecule has 0 aliphatic carbocycles. The minimum absolute atomic E-state index is 0.305. The van der Waals surface area contributed by atoms with Crippen LogP contribution in [0.3, 0.4) is 0 Å². The van der Waals surface area contributed by atoms with Gasteiger partial charge in [-0.15, -0.1) is 0 Å². The Hall–Kier alpha value is -1.06. The number of benzene rings is 1. The van der Waals surface area contributed by atoms with Crippen LogP contribution in [0.2, 0.25) is 0 Å². The normalized spacial score (nSPS) is 14.1. The van der Waals surface area contributed by atoms with E-state index in [-0.39, 0.29) is 0 Å². The predicted octanol–water partition coefficient (Wildman–Crippen LogP) is 3.03. The van der Waals surface area contributed by atoms with E-state index < -0.39 is 0 Å². The summed E-state index contributed by atoms with van der Waals surface area (Å²) >= 11 is 0. The molecule has 0 saturated heterocycles. The highest BCUT2D eigenvalue weighted by molar-refractivity contribution is 5.27. The summed E-state index contributed by atoms with van der Waals surface area (Å²) < 4.78 is 10.5. The van der Waals surface area contributed by atoms with Crippen LogP contribution in [-0.4, -0.2) is 32.9 Å². The van der Waals surface area contributed by atoms with Crippen LogP contribution in [-0.2, 0) is 11.2 Å². The average molecular weight is 265 g/mol. The van der Waals surface area contributed by atoms with Crippen LogP contribution in [0.4, 0.5) is 0 Å². The van der Waals surface area contributed by atoms with Gasteiger partial charge < -0.3 is 14.8 Å². The van der Waals surface area contributed by atoms with Crippen LogP contribution < -0.4 is 10.1 Å². The van der Waals surface area contributed by atoms with Gasteiger partial charge in [0.15, 0.2) is 0 Å². The Kier molecular flexibility index (Phi) is 7.53. The molecular weight excluding hydrogens is 238 g/mol. The third kappa shape index (κ3) is 6.08. The number of aryl methyl sites for hydroxylation is 1. The summed E-state index contributed by atoms with van der Waals surface area (Å²) in [5.74, 6) is 0.917. The lowest BCUT2D eigenvalue weighted by molar-refractivity contribution is 0.0995. The van der Waals surface area contributed by atoms with Crippen molar-refractivity contribution in [2.45, 2.75) is 45.3 Å². The summed E-state index contributed by atoms with van der Waals surface area (Å²) in [4.78, 5) is 0. The lowest BCUT2D eigenvalue weighted by Crippen LogP contribution is -2.32. The van der Waals surface area contributed by atoms with Gasteiger partial charge in [0.2, 0.25) is 0 Å². The standard InChI is InChI=1S/C16H27NO2/c1-5-17-15(12-13(2)18-3)9-6-14-7-10-16(19-4)11-8-14/h7-8,10-11,13,15,17H,5-6,9,12H2,1-4H3. The zero-order valence-corrected chi connectivity index (χ0v) is 12.6. The fourth-order valence-electron chi connectivity index (χ4n) is 2.22. The molecule has 0 aliphatic rings. The van der Waals surface area contributed by atoms with Crippen molar-refractivity contribution in [3.05, 3.63) is 29.8 Å². The Bertz CT molecular complexity index is 337. The van der Waals surface area contributed by atoms with Gasteiger partial charge in [-0.25, -0.2) is 0 Å². The van der Waals surface area contributed by atoms with Crippen LogP contribution in [0.25, 0.3) is 0 Å². The van der Waals surface area contributed by atoms with Gasteiger partial charge >= 0.3 is 0 Å². The Balaban J connectivity index is 2.45. The molecule has 3 nitrogen and oxygen atoms in total. The molecule has 1 aromatic rings. The summed E-state index contributed by atoms with van der Waals surface area (Å²) in [5.41, 5.74) is 1.36. The van der Waals surface area contributed by atoms with Gasteiger partial charge in [0.25, 0.3) is 0 Å². The van der Waals surface area contributed by atoms with E-state index in [1.165, 1.54) is 5.56 Å². The number of methoxy groups -OCH3 is 2. The molecule has 0 spiro atoms. The van der Waals surface area contributed by atoms with Crippen LogP contribution in [0.5, 0.6) is 5.75 Å². The van der Waals surface area contributed by atoms with Crippen LogP contribution in [0.15, 0.2) is 24.3 Å². The molecule has 0 aliphatic heterocycles. The molecule has 0 bridgehead atoms. The molecule has 1 rings (SSSR count). The van der Waals surface area contributed by atoms with Crippen molar-refractivity contribution in [3.8, 4) is 5.75 Å². The molecule has 108 valence electrons. The monoisotopic (exact) mass is 265 g/mol. The minimum atomic E-state index is 0.305. The van der Waals surface area contributed by atoms with E-state index in [2.05, 4.69) is 31.3 Å². The topological polar surface area (TPSA) is 30.5 Å². The molecule has 2 atom stereocenters. The maximum atomic E-state index is 5.35. The third-order valence-electron chi connectivity index (χ3n) is 3.45. The third-order valence-corrected chi connectivity index (χ3v) is 3.45. The van der Waals surface area contributed by atoms with E-state index in [0.717, 1.165) is 31.6 Å². The van der Waals surface area contributed by atoms with Crippen molar-refractivity contribution >= 4 is 0 Å². The highest BCUT2D eigenvalue weighted by Crippen LogP contribution is 2.14. The lowest BCUT2D eigenvalue weighted by Gasteiger charge is -2.21. The van der Waals surface area contributed by atoms with E-state index in [9.17, 15) is 0 Å². The van der Waals surface area contributed by atoms with Crippen LogP contribution >= 0.6 is 0 Å². The first kappa shape index (κ1) is 16.0. The molecule has 3 heteroatoms. The summed E-state index contributed by atoms with van der Waals surface area (Å²) in [7, 11) is 3.47. The zero-order chi connectivity index (χ0) is 14.1. The SMILES string of the molecule is CCNC(CCc1ccc(OC)cc1)CC(C)OC. The molecule has 1 aromatic carbocycles. The molecule has 19 heavy (non-hydrogen) atoms. The first-order valence-corrected chi connectivity index (χ1v) is 7.08. The molecule has 0 fully saturated rings. The molecule has 0 saturated carbocycles. The van der Waals surface area contributed by atoms with Gasteiger partial charge in [0, 0.05) is 13.2 Å². The van der Waals surface area contributed by atoms with Crippen LogP contribution in [0.1, 0.15) is 32.3 Å². The van der Waals surface area contributed by atoms with Crippen molar-refractivity contribution in [1.82, 2.24) is 5.32 Å². The molecule has 1 N–H and O–H groups in total. The fourth-order valence-corrected chi connectivity index (χ4v) is 2.22. The number of rotatable bonds is 9. The number of hydrogen-bond acceptors (Lipinski definition) is 3. The van der Waals surface area contributed by atoms with Crippen molar-refractivity contribution in [2.24, 2.45) is 0 Å². The van der Waals surface area contributed by atoms with Crippen molar-refractivity contribution in [3.63, 3.8) is 0 Å². The summed E-state index contributed by atoms with van der Waals surface area (Å²) in [6.45, 7) is 5.28. The number of ether oxygens (including phenoxy) is 2. The smallest absolute Gasteiger partial charge is 0.118 e. The second kappa shape index (κ2) is 8.94. The van der Waals surface area contributed by atoms with E-state index in [0.29, 0.717) is 12.1 Å². The molecule has 0 heterocycles. The van der Waals surface area contributed by atoms with Crippen LogP contribution in [0, 0.1) is 0 Å². The maximum absolute atomic E-state index is 5.35. The van der Waals surface area contributed by atoms with Gasteiger partial charge in [-0.3, -0.25) is 0 Å². The van der Waals surface area contributed by atoms with Gasteiger partial charge in [0.05, 0.1) is 13.2 Å². The van der Waals surface area contributed by atoms with E-state index in [1.807, 2.05) is 12.1 Å². The molecule has 0 aromatic heterocycles. The number of hydrogen-bond donors (Lipinski definition) is 1. The quantitative estimate of drug-likeness (QED) is 0.744. The van der Waals surface area contributed by atoms with E-state index in [1.54, 1.807) is 14.2 Å². The van der Waals surface area contributed by atoms with Gasteiger partial charge in [0.1, 0.15) is 5.75 Å². The second-order valence-corrected chi connectivity index (χ2v) is 4.92. The fraction of sp³-hybridized carbons (Fsp3) is 0.625. The van der Waals surface area contributed by atoms with Crippen molar-refractivity contribution in [2.75, 3.05) is 20.8 Å². The van der Waals surface area contributed by atoms with Crippen molar-refractivity contribution < 1.29 is 9.47 Å². The highest BCUT2D eigenvalue weighted by Gasteiger charge is 2.11. The van der Waals surface area contributed by atoms with Gasteiger partial charge in [-0.2, -0.15) is 0 Å². The van der Waals surface area contributed by atoms with E-state index >= 15 is 0 Å². The Labute approximate surface area is 117 Å². The average Bonchev–Trinajstić information content (AvgIpc) is 2.45. The number of nitrogens with one attached hydrogen (secondary N) is 1. The van der Waals surface area contributed by atoms with Gasteiger partial charge in [-0.1, -0.05) is 19.1 Å². The van der Waals surface area contributed by atoms with Gasteiger partial charge in [-0.05, 0) is 50.4 Å². The van der Waals surface area contributed by atoms with E-state index in [4.69, 9.17) is 9.47 Å². The Morgan fingerprint density at radius 1 is 1.16 bits per heavy atom. The molecular formula is C16H27NO2. The molecule has 0 radical (unpaired) electrons. The Morgan fingerprint density at radius 3 is 2.37 bits per heavy atom. The van der Waals surface area contributed by atoms with Crippen molar-refractivity contribution in [1.29, 1.82) is 0 Å². The first-order valence-electron chi connectivity index (χ1n) is 7.08. The second-order valence-electron chi connectivity index (χ2n) is 4.92. The molecule has 0 amide bonds. The predicted molar refractivity (Wildman–Crippen MR) is 79.9 cm³/mol. The summed E-state index contributed by atoms with van der Waals surface area (Å²) in [6, 6.07) is 8.84. The highest BCUT2D eigenvalue weighted by atomic mass is 16.5.